The van der Waals surface area contributed by atoms with Crippen molar-refractivity contribution in [3.05, 3.63) is 0 Å². The summed E-state index contributed by atoms with van der Waals surface area (Å²) < 4.78 is 0. The van der Waals surface area contributed by atoms with Gasteiger partial charge in [-0.15, -0.1) is 0 Å². The molecular weight excluding hydrogens is 248 g/mol. The molecule has 0 bridgehead atoms. The molecule has 19 heavy (non-hydrogen) atoms. The molecule has 0 saturated carbocycles. The Morgan fingerprint density at radius 3 is 2.32 bits per heavy atom. The third-order valence-corrected chi connectivity index (χ3v) is 3.81. The molecule has 0 fully saturated rings. The van der Waals surface area contributed by atoms with E-state index in [0.717, 1.165) is 32.1 Å². The van der Waals surface area contributed by atoms with Crippen LogP contribution in [0.4, 0.5) is 4.79 Å². The van der Waals surface area contributed by atoms with Crippen molar-refractivity contribution in [2.75, 3.05) is 0 Å². The monoisotopic (exact) mass is 276 g/mol. The first-order valence-electron chi connectivity index (χ1n) is 7.11. The Labute approximate surface area is 116 Å². The summed E-state index contributed by atoms with van der Waals surface area (Å²) in [5.74, 6) is 0.326. The van der Waals surface area contributed by atoms with Crippen molar-refractivity contribution in [2.45, 2.75) is 72.8 Å². The number of hydrogen-bond donors (Lipinski definition) is 1. The van der Waals surface area contributed by atoms with Gasteiger partial charge in [0.15, 0.2) is 0 Å². The van der Waals surface area contributed by atoms with Crippen LogP contribution in [0.3, 0.4) is 0 Å². The molecule has 114 valence electrons. The van der Waals surface area contributed by atoms with Crippen LogP contribution in [0, 0.1) is 11.3 Å². The summed E-state index contributed by atoms with van der Waals surface area (Å²) >= 11 is 0. The molecule has 0 heterocycles. The number of carbonyl (C=O) groups is 1. The molecule has 0 aliphatic carbocycles. The second-order valence-electron chi connectivity index (χ2n) is 5.59. The first-order chi connectivity index (χ1) is 8.88. The summed E-state index contributed by atoms with van der Waals surface area (Å²) in [6, 6.07) is 0. The topological polar surface area (TPSA) is 65.0 Å². The van der Waals surface area contributed by atoms with Gasteiger partial charge >= 0.3 is 6.16 Å². The molecule has 5 heteroatoms. The van der Waals surface area contributed by atoms with Gasteiger partial charge < -0.3 is 5.11 Å². The normalized spacial score (nSPS) is 15.0. The summed E-state index contributed by atoms with van der Waals surface area (Å²) in [5.41, 5.74) is -0.101. The van der Waals surface area contributed by atoms with E-state index in [9.17, 15) is 4.79 Å². The maximum atomic E-state index is 10.3. The molecule has 0 aromatic carbocycles. The van der Waals surface area contributed by atoms with Gasteiger partial charge in [0.05, 0.1) is 0 Å². The molecule has 2 atom stereocenters. The SMILES string of the molecule is CCCCC(CC)C(OOOC(=O)O)C(C)(C)CC. The Morgan fingerprint density at radius 2 is 1.89 bits per heavy atom. The summed E-state index contributed by atoms with van der Waals surface area (Å²) in [4.78, 5) is 19.5. The quantitative estimate of drug-likeness (QED) is 0.468. The van der Waals surface area contributed by atoms with Crippen LogP contribution in [0.5, 0.6) is 0 Å². The molecule has 0 aromatic heterocycles. The molecule has 0 radical (unpaired) electrons. The Kier molecular flexibility index (Phi) is 8.76. The number of hydrogen-bond acceptors (Lipinski definition) is 4. The lowest BCUT2D eigenvalue weighted by Gasteiger charge is -2.36. The van der Waals surface area contributed by atoms with Crippen LogP contribution in [0.1, 0.15) is 66.7 Å². The molecule has 0 rings (SSSR count). The van der Waals surface area contributed by atoms with E-state index in [1.807, 2.05) is 0 Å². The van der Waals surface area contributed by atoms with Gasteiger partial charge in [0.1, 0.15) is 6.10 Å². The summed E-state index contributed by atoms with van der Waals surface area (Å²) in [7, 11) is 0. The lowest BCUT2D eigenvalue weighted by atomic mass is 9.75. The van der Waals surface area contributed by atoms with Gasteiger partial charge in [-0.1, -0.05) is 53.9 Å². The van der Waals surface area contributed by atoms with E-state index < -0.39 is 6.16 Å². The summed E-state index contributed by atoms with van der Waals surface area (Å²) in [5, 5.41) is 12.8. The van der Waals surface area contributed by atoms with E-state index in [1.165, 1.54) is 0 Å². The maximum Gasteiger partial charge on any atom is 0.540 e. The fraction of sp³-hybridized carbons (Fsp3) is 0.929. The fourth-order valence-corrected chi connectivity index (χ4v) is 2.18. The number of carboxylic acid groups (broad SMARTS) is 1. The molecular formula is C14H28O5. The molecule has 0 aliphatic heterocycles. The van der Waals surface area contributed by atoms with E-state index in [0.29, 0.717) is 5.92 Å². The molecule has 0 spiro atoms. The van der Waals surface area contributed by atoms with Gasteiger partial charge in [0.2, 0.25) is 0 Å². The Morgan fingerprint density at radius 1 is 1.26 bits per heavy atom. The standard InChI is InChI=1S/C14H28O5/c1-6-9-10-11(7-2)12(14(4,5)8-3)17-19-18-13(15)16/h11-12H,6-10H2,1-5H3,(H,15,16). The highest BCUT2D eigenvalue weighted by Crippen LogP contribution is 2.36. The van der Waals surface area contributed by atoms with Crippen molar-refractivity contribution in [2.24, 2.45) is 11.3 Å². The van der Waals surface area contributed by atoms with Crippen LogP contribution in [-0.4, -0.2) is 17.4 Å². The van der Waals surface area contributed by atoms with E-state index in [4.69, 9.17) is 9.99 Å². The van der Waals surface area contributed by atoms with Gasteiger partial charge in [0.25, 0.3) is 0 Å². The van der Waals surface area contributed by atoms with Gasteiger partial charge in [0, 0.05) is 0 Å². The predicted octanol–water partition coefficient (Wildman–Crippen LogP) is 4.57. The molecule has 0 saturated heterocycles. The highest BCUT2D eigenvalue weighted by molar-refractivity contribution is 5.55. The first-order valence-corrected chi connectivity index (χ1v) is 7.11. The Hall–Kier alpha value is -0.810. The fourth-order valence-electron chi connectivity index (χ4n) is 2.18. The minimum absolute atomic E-state index is 0.101. The maximum absolute atomic E-state index is 10.3. The van der Waals surface area contributed by atoms with Crippen molar-refractivity contribution < 1.29 is 24.7 Å². The van der Waals surface area contributed by atoms with E-state index in [-0.39, 0.29) is 11.5 Å². The second kappa shape index (κ2) is 9.15. The Balaban J connectivity index is 4.67. The Bertz CT molecular complexity index is 252. The van der Waals surface area contributed by atoms with Gasteiger partial charge in [-0.25, -0.2) is 9.68 Å². The first kappa shape index (κ1) is 18.2. The summed E-state index contributed by atoms with van der Waals surface area (Å²) in [6.07, 6.45) is 3.47. The average molecular weight is 276 g/mol. The van der Waals surface area contributed by atoms with Crippen LogP contribution < -0.4 is 0 Å². The van der Waals surface area contributed by atoms with Gasteiger partial charge in [-0.2, -0.15) is 4.89 Å². The van der Waals surface area contributed by atoms with Crippen LogP contribution >= 0.6 is 0 Å². The van der Waals surface area contributed by atoms with Gasteiger partial charge in [-0.05, 0) is 29.2 Å². The van der Waals surface area contributed by atoms with Crippen molar-refractivity contribution in [3.63, 3.8) is 0 Å². The minimum atomic E-state index is -1.50. The molecule has 1 N–H and O–H groups in total. The third-order valence-electron chi connectivity index (χ3n) is 3.81. The van der Waals surface area contributed by atoms with Crippen LogP contribution in [0.2, 0.25) is 0 Å². The zero-order valence-electron chi connectivity index (χ0n) is 12.8. The van der Waals surface area contributed by atoms with E-state index >= 15 is 0 Å². The number of unbranched alkanes of at least 4 members (excludes halogenated alkanes) is 1. The van der Waals surface area contributed by atoms with Crippen LogP contribution in [0.25, 0.3) is 0 Å². The van der Waals surface area contributed by atoms with Gasteiger partial charge in [-0.3, -0.25) is 0 Å². The summed E-state index contributed by atoms with van der Waals surface area (Å²) in [6.45, 7) is 10.5. The minimum Gasteiger partial charge on any atom is -0.448 e. The smallest absolute Gasteiger partial charge is 0.448 e. The lowest BCUT2D eigenvalue weighted by molar-refractivity contribution is -0.513. The highest BCUT2D eigenvalue weighted by atomic mass is 17.5. The van der Waals surface area contributed by atoms with E-state index in [1.54, 1.807) is 0 Å². The zero-order valence-corrected chi connectivity index (χ0v) is 12.8. The predicted molar refractivity (Wildman–Crippen MR) is 72.4 cm³/mol. The van der Waals surface area contributed by atoms with Crippen molar-refractivity contribution in [1.29, 1.82) is 0 Å². The molecule has 0 amide bonds. The molecule has 5 nitrogen and oxygen atoms in total. The van der Waals surface area contributed by atoms with E-state index in [2.05, 4.69) is 44.5 Å². The molecule has 0 aliphatic rings. The molecule has 0 aromatic rings. The molecule has 2 unspecified atom stereocenters. The van der Waals surface area contributed by atoms with Crippen molar-refractivity contribution in [3.8, 4) is 0 Å². The van der Waals surface area contributed by atoms with Crippen molar-refractivity contribution >= 4 is 6.16 Å². The highest BCUT2D eigenvalue weighted by Gasteiger charge is 2.36. The average Bonchev–Trinajstić information content (AvgIpc) is 2.36. The van der Waals surface area contributed by atoms with Crippen LogP contribution in [0.15, 0.2) is 0 Å². The lowest BCUT2D eigenvalue weighted by Crippen LogP contribution is -2.38. The number of rotatable bonds is 10. The zero-order chi connectivity index (χ0) is 14.9. The van der Waals surface area contributed by atoms with Crippen LogP contribution in [-0.2, 0) is 14.8 Å². The third kappa shape index (κ3) is 6.78. The van der Waals surface area contributed by atoms with Crippen molar-refractivity contribution in [1.82, 2.24) is 0 Å². The largest absolute Gasteiger partial charge is 0.540 e. The second-order valence-corrected chi connectivity index (χ2v) is 5.59.